The number of amides is 1. The van der Waals surface area contributed by atoms with Gasteiger partial charge in [0.15, 0.2) is 0 Å². The molecule has 0 spiro atoms. The van der Waals surface area contributed by atoms with Crippen molar-refractivity contribution < 1.29 is 9.53 Å². The Morgan fingerprint density at radius 2 is 1.79 bits per heavy atom. The molecule has 0 saturated carbocycles. The molecule has 0 aliphatic carbocycles. The number of ether oxygens (including phenoxy) is 1. The van der Waals surface area contributed by atoms with Gasteiger partial charge in [-0.25, -0.2) is 0 Å². The molecule has 0 unspecified atom stereocenters. The van der Waals surface area contributed by atoms with Gasteiger partial charge in [0.2, 0.25) is 0 Å². The van der Waals surface area contributed by atoms with Gasteiger partial charge >= 0.3 is 0 Å². The lowest BCUT2D eigenvalue weighted by Gasteiger charge is -2.19. The maximum Gasteiger partial charge on any atom is 0.266 e. The number of nitrogens with zero attached hydrogens (tertiary/aromatic N) is 1. The second-order valence-electron chi connectivity index (χ2n) is 8.56. The van der Waals surface area contributed by atoms with Crippen LogP contribution in [0.15, 0.2) is 42.0 Å². The molecule has 0 heterocycles. The predicted octanol–water partition coefficient (Wildman–Crippen LogP) is 5.97. The number of hydrogen-bond acceptors (Lipinski definition) is 3. The molecule has 2 rings (SSSR count). The molecule has 1 amide bonds. The summed E-state index contributed by atoms with van der Waals surface area (Å²) in [5.74, 6) is 0.660. The maximum absolute atomic E-state index is 12.7. The number of hydrogen-bond donors (Lipinski definition) is 1. The molecule has 0 aliphatic heterocycles. The van der Waals surface area contributed by atoms with Crippen molar-refractivity contribution in [1.82, 2.24) is 0 Å². The van der Waals surface area contributed by atoms with Crippen molar-refractivity contribution in [1.29, 1.82) is 5.26 Å². The van der Waals surface area contributed by atoms with E-state index in [9.17, 15) is 10.1 Å². The molecule has 0 aliphatic rings. The third-order valence-corrected chi connectivity index (χ3v) is 4.91. The summed E-state index contributed by atoms with van der Waals surface area (Å²) in [5, 5.41) is 12.4. The summed E-state index contributed by atoms with van der Waals surface area (Å²) in [6.07, 6.45) is 1.64. The van der Waals surface area contributed by atoms with Crippen LogP contribution in [0.5, 0.6) is 5.75 Å². The standard InChI is InChI=1S/C25H30N2O2/c1-16(2)22-14-18(17(3)12-23(22)29-7)13-19(15-26)24(28)27-21-10-8-20(9-11-21)25(4,5)6/h8-14,16H,1-7H3,(H,27,28)/b19-13+. The van der Waals surface area contributed by atoms with Crippen LogP contribution in [0.25, 0.3) is 6.08 Å². The lowest BCUT2D eigenvalue weighted by molar-refractivity contribution is -0.112. The summed E-state index contributed by atoms with van der Waals surface area (Å²) in [6.45, 7) is 12.5. The second-order valence-corrected chi connectivity index (χ2v) is 8.56. The van der Waals surface area contributed by atoms with Crippen molar-refractivity contribution in [3.05, 3.63) is 64.2 Å². The molecule has 2 aromatic carbocycles. The Balaban J connectivity index is 2.31. The highest BCUT2D eigenvalue weighted by atomic mass is 16.5. The van der Waals surface area contributed by atoms with Gasteiger partial charge in [-0.3, -0.25) is 4.79 Å². The minimum atomic E-state index is -0.419. The van der Waals surface area contributed by atoms with Crippen LogP contribution < -0.4 is 10.1 Å². The predicted molar refractivity (Wildman–Crippen MR) is 119 cm³/mol. The van der Waals surface area contributed by atoms with Gasteiger partial charge in [0, 0.05) is 5.69 Å². The molecule has 0 saturated heterocycles. The maximum atomic E-state index is 12.7. The first-order valence-electron chi connectivity index (χ1n) is 9.79. The first-order valence-corrected chi connectivity index (χ1v) is 9.79. The number of nitrogens with one attached hydrogen (secondary N) is 1. The lowest BCUT2D eigenvalue weighted by Crippen LogP contribution is -2.14. The van der Waals surface area contributed by atoms with Crippen molar-refractivity contribution in [2.75, 3.05) is 12.4 Å². The molecule has 4 heteroatoms. The molecule has 0 bridgehead atoms. The van der Waals surface area contributed by atoms with Crippen LogP contribution in [-0.2, 0) is 10.2 Å². The average molecular weight is 391 g/mol. The number of carbonyl (C=O) groups is 1. The second kappa shape index (κ2) is 8.96. The Bertz CT molecular complexity index is 956. The van der Waals surface area contributed by atoms with Crippen molar-refractivity contribution in [2.24, 2.45) is 0 Å². The third kappa shape index (κ3) is 5.48. The van der Waals surface area contributed by atoms with Crippen LogP contribution in [0, 0.1) is 18.3 Å². The molecule has 1 N–H and O–H groups in total. The number of carbonyl (C=O) groups excluding carboxylic acids is 1. The van der Waals surface area contributed by atoms with E-state index in [4.69, 9.17) is 4.74 Å². The minimum Gasteiger partial charge on any atom is -0.496 e. The first kappa shape index (κ1) is 22.2. The Kier molecular flexibility index (Phi) is 6.87. The Labute approximate surface area is 174 Å². The number of benzene rings is 2. The van der Waals surface area contributed by atoms with Crippen molar-refractivity contribution in [3.63, 3.8) is 0 Å². The minimum absolute atomic E-state index is 0.0419. The van der Waals surface area contributed by atoms with Gasteiger partial charge in [-0.1, -0.05) is 46.8 Å². The van der Waals surface area contributed by atoms with E-state index < -0.39 is 5.91 Å². The summed E-state index contributed by atoms with van der Waals surface area (Å²) in [4.78, 5) is 12.7. The van der Waals surface area contributed by atoms with E-state index in [1.807, 2.05) is 49.4 Å². The topological polar surface area (TPSA) is 62.1 Å². The van der Waals surface area contributed by atoms with Crippen LogP contribution in [0.4, 0.5) is 5.69 Å². The summed E-state index contributed by atoms with van der Waals surface area (Å²) >= 11 is 0. The highest BCUT2D eigenvalue weighted by molar-refractivity contribution is 6.09. The van der Waals surface area contributed by atoms with Crippen LogP contribution in [-0.4, -0.2) is 13.0 Å². The zero-order valence-electron chi connectivity index (χ0n) is 18.4. The van der Waals surface area contributed by atoms with Crippen LogP contribution >= 0.6 is 0 Å². The van der Waals surface area contributed by atoms with E-state index in [0.717, 1.165) is 22.4 Å². The fourth-order valence-electron chi connectivity index (χ4n) is 3.06. The number of rotatable bonds is 5. The highest BCUT2D eigenvalue weighted by Gasteiger charge is 2.15. The molecular weight excluding hydrogens is 360 g/mol. The fourth-order valence-corrected chi connectivity index (χ4v) is 3.06. The zero-order valence-corrected chi connectivity index (χ0v) is 18.4. The van der Waals surface area contributed by atoms with Gasteiger partial charge in [0.05, 0.1) is 7.11 Å². The Hall–Kier alpha value is -3.06. The average Bonchev–Trinajstić information content (AvgIpc) is 2.66. The van der Waals surface area contributed by atoms with Crippen molar-refractivity contribution in [2.45, 2.75) is 52.9 Å². The molecule has 29 heavy (non-hydrogen) atoms. The van der Waals surface area contributed by atoms with E-state index in [1.54, 1.807) is 13.2 Å². The van der Waals surface area contributed by atoms with Crippen molar-refractivity contribution in [3.8, 4) is 11.8 Å². The van der Waals surface area contributed by atoms with Gasteiger partial charge in [-0.15, -0.1) is 0 Å². The fraction of sp³-hybridized carbons (Fsp3) is 0.360. The summed E-state index contributed by atoms with van der Waals surface area (Å²) in [7, 11) is 1.65. The molecule has 0 atom stereocenters. The number of methoxy groups -OCH3 is 1. The molecule has 4 nitrogen and oxygen atoms in total. The number of aryl methyl sites for hydroxylation is 1. The largest absolute Gasteiger partial charge is 0.496 e. The molecule has 0 fully saturated rings. The lowest BCUT2D eigenvalue weighted by atomic mass is 9.87. The van der Waals surface area contributed by atoms with E-state index in [-0.39, 0.29) is 16.9 Å². The van der Waals surface area contributed by atoms with E-state index in [2.05, 4.69) is 39.9 Å². The van der Waals surface area contributed by atoms with Crippen LogP contribution in [0.1, 0.15) is 62.8 Å². The SMILES string of the molecule is COc1cc(C)c(/C=C(\C#N)C(=O)Nc2ccc(C(C)(C)C)cc2)cc1C(C)C. The summed E-state index contributed by atoms with van der Waals surface area (Å²) < 4.78 is 5.47. The third-order valence-electron chi connectivity index (χ3n) is 4.91. The van der Waals surface area contributed by atoms with Gasteiger partial charge in [0.1, 0.15) is 17.4 Å². The van der Waals surface area contributed by atoms with E-state index in [0.29, 0.717) is 5.69 Å². The van der Waals surface area contributed by atoms with Crippen molar-refractivity contribution >= 4 is 17.7 Å². The molecule has 0 aromatic heterocycles. The number of anilines is 1. The summed E-state index contributed by atoms with van der Waals surface area (Å²) in [6, 6.07) is 13.7. The molecular formula is C25H30N2O2. The Morgan fingerprint density at radius 3 is 2.28 bits per heavy atom. The van der Waals surface area contributed by atoms with Gasteiger partial charge < -0.3 is 10.1 Å². The van der Waals surface area contributed by atoms with E-state index >= 15 is 0 Å². The van der Waals surface area contributed by atoms with E-state index in [1.165, 1.54) is 5.56 Å². The van der Waals surface area contributed by atoms with Gasteiger partial charge in [0.25, 0.3) is 5.91 Å². The Morgan fingerprint density at radius 1 is 1.17 bits per heavy atom. The van der Waals surface area contributed by atoms with Gasteiger partial charge in [-0.2, -0.15) is 5.26 Å². The van der Waals surface area contributed by atoms with Crippen LogP contribution in [0.2, 0.25) is 0 Å². The molecule has 0 radical (unpaired) electrons. The quantitative estimate of drug-likeness (QED) is 0.505. The summed E-state index contributed by atoms with van der Waals surface area (Å²) in [5.41, 5.74) is 4.78. The molecule has 152 valence electrons. The van der Waals surface area contributed by atoms with Gasteiger partial charge in [-0.05, 0) is 70.9 Å². The zero-order chi connectivity index (χ0) is 21.8. The highest BCUT2D eigenvalue weighted by Crippen LogP contribution is 2.30. The molecule has 2 aromatic rings. The van der Waals surface area contributed by atoms with Crippen LogP contribution in [0.3, 0.4) is 0 Å². The first-order chi connectivity index (χ1) is 13.6. The number of nitriles is 1. The monoisotopic (exact) mass is 390 g/mol. The normalized spacial score (nSPS) is 11.9. The smallest absolute Gasteiger partial charge is 0.266 e.